The monoisotopic (exact) mass is 351 g/mol. The number of benzene rings is 2. The van der Waals surface area contributed by atoms with Crippen molar-refractivity contribution in [3.05, 3.63) is 71.2 Å². The van der Waals surface area contributed by atoms with Gasteiger partial charge in [0.15, 0.2) is 0 Å². The summed E-state index contributed by atoms with van der Waals surface area (Å²) in [5.41, 5.74) is 3.32. The molecule has 1 aliphatic rings. The lowest BCUT2D eigenvalue weighted by Gasteiger charge is -2.12. The molecule has 1 aliphatic heterocycles. The van der Waals surface area contributed by atoms with E-state index in [1.54, 1.807) is 12.1 Å². The lowest BCUT2D eigenvalue weighted by Crippen LogP contribution is -2.30. The second-order valence-corrected chi connectivity index (χ2v) is 6.42. The van der Waals surface area contributed by atoms with Crippen LogP contribution in [-0.2, 0) is 11.2 Å². The van der Waals surface area contributed by atoms with Crippen LogP contribution in [0.3, 0.4) is 0 Å². The first-order chi connectivity index (χ1) is 12.6. The Kier molecular flexibility index (Phi) is 4.16. The van der Waals surface area contributed by atoms with E-state index >= 15 is 0 Å². The van der Waals surface area contributed by atoms with Gasteiger partial charge in [0, 0.05) is 29.2 Å². The van der Waals surface area contributed by atoms with E-state index < -0.39 is 0 Å². The Morgan fingerprint density at radius 1 is 1.19 bits per heavy atom. The third kappa shape index (κ3) is 3.06. The van der Waals surface area contributed by atoms with E-state index in [9.17, 15) is 14.0 Å². The molecule has 2 heterocycles. The van der Waals surface area contributed by atoms with Crippen molar-refractivity contribution in [3.8, 4) is 0 Å². The molecule has 1 atom stereocenters. The fourth-order valence-corrected chi connectivity index (χ4v) is 3.43. The molecule has 3 N–H and O–H groups in total. The number of hydrogen-bond donors (Lipinski definition) is 3. The summed E-state index contributed by atoms with van der Waals surface area (Å²) in [6.07, 6.45) is 2.64. The van der Waals surface area contributed by atoms with Crippen LogP contribution >= 0.6 is 0 Å². The van der Waals surface area contributed by atoms with Crippen molar-refractivity contribution >= 4 is 22.7 Å². The summed E-state index contributed by atoms with van der Waals surface area (Å²) in [6.45, 7) is 0.449. The summed E-state index contributed by atoms with van der Waals surface area (Å²) in [4.78, 5) is 27.2. The third-order valence-corrected chi connectivity index (χ3v) is 4.72. The van der Waals surface area contributed by atoms with Gasteiger partial charge < -0.3 is 15.6 Å². The number of aromatic amines is 1. The smallest absolute Gasteiger partial charge is 0.252 e. The molecular formula is C20H18FN3O2. The largest absolute Gasteiger partial charge is 0.361 e. The van der Waals surface area contributed by atoms with Gasteiger partial charge in [0.25, 0.3) is 5.91 Å². The summed E-state index contributed by atoms with van der Waals surface area (Å²) in [5, 5.41) is 6.54. The number of rotatable bonds is 5. The van der Waals surface area contributed by atoms with Gasteiger partial charge in [-0.1, -0.05) is 18.2 Å². The van der Waals surface area contributed by atoms with Crippen LogP contribution in [0.5, 0.6) is 0 Å². The zero-order valence-corrected chi connectivity index (χ0v) is 14.0. The van der Waals surface area contributed by atoms with Crippen LogP contribution in [0.1, 0.15) is 33.9 Å². The Labute approximate surface area is 149 Å². The van der Waals surface area contributed by atoms with E-state index in [0.29, 0.717) is 18.5 Å². The normalized spacial score (nSPS) is 15.7. The number of halogens is 1. The average molecular weight is 351 g/mol. The minimum atomic E-state index is -0.291. The van der Waals surface area contributed by atoms with Gasteiger partial charge in [0.1, 0.15) is 5.82 Å². The van der Waals surface area contributed by atoms with E-state index in [4.69, 9.17) is 0 Å². The van der Waals surface area contributed by atoms with Gasteiger partial charge in [-0.15, -0.1) is 0 Å². The van der Waals surface area contributed by atoms with Crippen LogP contribution in [0.25, 0.3) is 10.9 Å². The van der Waals surface area contributed by atoms with Crippen molar-refractivity contribution in [2.24, 2.45) is 0 Å². The molecule has 0 saturated heterocycles. The van der Waals surface area contributed by atoms with Crippen LogP contribution in [0.2, 0.25) is 0 Å². The summed E-state index contributed by atoms with van der Waals surface area (Å²) in [7, 11) is 0. The van der Waals surface area contributed by atoms with Crippen molar-refractivity contribution in [1.82, 2.24) is 15.6 Å². The molecule has 0 saturated carbocycles. The van der Waals surface area contributed by atoms with Crippen molar-refractivity contribution in [2.75, 3.05) is 6.54 Å². The molecule has 0 spiro atoms. The molecule has 2 aromatic carbocycles. The van der Waals surface area contributed by atoms with Gasteiger partial charge in [0.2, 0.25) is 5.91 Å². The molecule has 132 valence electrons. The van der Waals surface area contributed by atoms with Crippen LogP contribution in [0, 0.1) is 5.82 Å². The quantitative estimate of drug-likeness (QED) is 0.661. The minimum Gasteiger partial charge on any atom is -0.361 e. The van der Waals surface area contributed by atoms with Gasteiger partial charge >= 0.3 is 0 Å². The number of nitrogens with one attached hydrogen (secondary N) is 3. The summed E-state index contributed by atoms with van der Waals surface area (Å²) in [5.74, 6) is -0.546. The lowest BCUT2D eigenvalue weighted by atomic mass is 10.0. The Bertz CT molecular complexity index is 996. The zero-order valence-electron chi connectivity index (χ0n) is 14.0. The first kappa shape index (κ1) is 16.3. The van der Waals surface area contributed by atoms with Gasteiger partial charge in [-0.3, -0.25) is 9.59 Å². The molecule has 4 rings (SSSR count). The third-order valence-electron chi connectivity index (χ3n) is 4.72. The van der Waals surface area contributed by atoms with Crippen molar-refractivity contribution in [1.29, 1.82) is 0 Å². The maximum Gasteiger partial charge on any atom is 0.252 e. The molecule has 1 unspecified atom stereocenters. The Balaban J connectivity index is 1.35. The standard InChI is InChI=1S/C20H18FN3O2/c21-13-5-6-17-16(9-13)12(11-23-17)7-8-22-19(25)10-18-14-3-1-2-4-15(14)20(26)24-18/h1-6,9,11,18,23H,7-8,10H2,(H,22,25)(H,24,26). The van der Waals surface area contributed by atoms with Crippen molar-refractivity contribution in [2.45, 2.75) is 18.9 Å². The highest BCUT2D eigenvalue weighted by atomic mass is 19.1. The van der Waals surface area contributed by atoms with E-state index in [1.807, 2.05) is 24.4 Å². The number of carbonyl (C=O) groups excluding carboxylic acids is 2. The van der Waals surface area contributed by atoms with E-state index in [2.05, 4.69) is 15.6 Å². The molecule has 6 heteroatoms. The highest BCUT2D eigenvalue weighted by Crippen LogP contribution is 2.27. The molecule has 1 aromatic heterocycles. The van der Waals surface area contributed by atoms with Crippen molar-refractivity contribution < 1.29 is 14.0 Å². The van der Waals surface area contributed by atoms with Crippen molar-refractivity contribution in [3.63, 3.8) is 0 Å². The Morgan fingerprint density at radius 2 is 2.04 bits per heavy atom. The van der Waals surface area contributed by atoms with E-state index in [0.717, 1.165) is 22.0 Å². The first-order valence-electron chi connectivity index (χ1n) is 8.54. The number of amides is 2. The van der Waals surface area contributed by atoms with Gasteiger partial charge in [-0.25, -0.2) is 4.39 Å². The lowest BCUT2D eigenvalue weighted by molar-refractivity contribution is -0.121. The molecule has 5 nitrogen and oxygen atoms in total. The molecule has 26 heavy (non-hydrogen) atoms. The average Bonchev–Trinajstić information content (AvgIpc) is 3.17. The summed E-state index contributed by atoms with van der Waals surface area (Å²) in [6, 6.07) is 11.6. The SMILES string of the molecule is O=C(CC1NC(=O)c2ccccc21)NCCc1c[nH]c2ccc(F)cc12. The number of fused-ring (bicyclic) bond motifs is 2. The topological polar surface area (TPSA) is 74.0 Å². The maximum atomic E-state index is 13.4. The fourth-order valence-electron chi connectivity index (χ4n) is 3.43. The second-order valence-electron chi connectivity index (χ2n) is 6.42. The number of carbonyl (C=O) groups is 2. The van der Waals surface area contributed by atoms with Gasteiger partial charge in [-0.05, 0) is 41.8 Å². The predicted octanol–water partition coefficient (Wildman–Crippen LogP) is 2.84. The van der Waals surface area contributed by atoms with Crippen LogP contribution < -0.4 is 10.6 Å². The van der Waals surface area contributed by atoms with Gasteiger partial charge in [-0.2, -0.15) is 0 Å². The molecule has 3 aromatic rings. The number of aromatic nitrogens is 1. The zero-order chi connectivity index (χ0) is 18.1. The highest BCUT2D eigenvalue weighted by Gasteiger charge is 2.29. The molecular weight excluding hydrogens is 333 g/mol. The maximum absolute atomic E-state index is 13.4. The molecule has 0 fully saturated rings. The minimum absolute atomic E-state index is 0.127. The molecule has 0 bridgehead atoms. The van der Waals surface area contributed by atoms with Crippen LogP contribution in [0.4, 0.5) is 4.39 Å². The van der Waals surface area contributed by atoms with Crippen LogP contribution in [0.15, 0.2) is 48.7 Å². The second kappa shape index (κ2) is 6.63. The van der Waals surface area contributed by atoms with Gasteiger partial charge in [0.05, 0.1) is 12.5 Å². The predicted molar refractivity (Wildman–Crippen MR) is 96.2 cm³/mol. The number of H-pyrrole nitrogens is 1. The molecule has 0 aliphatic carbocycles. The van der Waals surface area contributed by atoms with E-state index in [1.165, 1.54) is 12.1 Å². The Morgan fingerprint density at radius 3 is 2.92 bits per heavy atom. The summed E-state index contributed by atoms with van der Waals surface area (Å²) < 4.78 is 13.4. The highest BCUT2D eigenvalue weighted by molar-refractivity contribution is 5.99. The fraction of sp³-hybridized carbons (Fsp3) is 0.200. The summed E-state index contributed by atoms with van der Waals surface area (Å²) >= 11 is 0. The molecule has 0 radical (unpaired) electrons. The molecule has 2 amide bonds. The van der Waals surface area contributed by atoms with Crippen LogP contribution in [-0.4, -0.2) is 23.3 Å². The first-order valence-corrected chi connectivity index (χ1v) is 8.54. The van der Waals surface area contributed by atoms with E-state index in [-0.39, 0.29) is 30.1 Å². The number of hydrogen-bond acceptors (Lipinski definition) is 2. The Hall–Kier alpha value is -3.15.